The molecule has 0 saturated carbocycles. The molecule has 2 aromatic rings. The van der Waals surface area contributed by atoms with Gasteiger partial charge in [0, 0.05) is 0 Å². The summed E-state index contributed by atoms with van der Waals surface area (Å²) in [7, 11) is 0. The number of carbonyl (C=O) groups is 2. The van der Waals surface area contributed by atoms with Gasteiger partial charge in [-0.2, -0.15) is 0 Å². The lowest BCUT2D eigenvalue weighted by Gasteiger charge is -2.15. The highest BCUT2D eigenvalue weighted by atomic mass is 32.1. The van der Waals surface area contributed by atoms with E-state index in [0.717, 1.165) is 18.2 Å². The van der Waals surface area contributed by atoms with Gasteiger partial charge < -0.3 is 10.4 Å². The molecule has 0 aliphatic heterocycles. The first-order valence-corrected chi connectivity index (χ1v) is 6.81. The number of nitrogens with one attached hydrogen (secondary N) is 1. The quantitative estimate of drug-likeness (QED) is 0.912. The van der Waals surface area contributed by atoms with Crippen LogP contribution in [0.25, 0.3) is 0 Å². The van der Waals surface area contributed by atoms with Crippen LogP contribution >= 0.6 is 11.3 Å². The van der Waals surface area contributed by atoms with E-state index in [1.54, 1.807) is 18.4 Å². The monoisotopic (exact) mass is 311 g/mol. The molecule has 1 aromatic heterocycles. The molecule has 1 atom stereocenters. The Morgan fingerprint density at radius 1 is 1.24 bits per heavy atom. The van der Waals surface area contributed by atoms with Crippen LogP contribution in [0.4, 0.5) is 8.78 Å². The number of aryl methyl sites for hydroxylation is 1. The molecule has 0 aliphatic carbocycles. The molecule has 21 heavy (non-hydrogen) atoms. The van der Waals surface area contributed by atoms with Crippen LogP contribution in [0, 0.1) is 18.6 Å². The van der Waals surface area contributed by atoms with Gasteiger partial charge in [-0.15, -0.1) is 11.3 Å². The fraction of sp³-hybridized carbons (Fsp3) is 0.143. The second kappa shape index (κ2) is 6.01. The van der Waals surface area contributed by atoms with E-state index in [1.807, 2.05) is 0 Å². The van der Waals surface area contributed by atoms with Gasteiger partial charge in [0.25, 0.3) is 5.91 Å². The Hall–Kier alpha value is -2.28. The highest BCUT2D eigenvalue weighted by Gasteiger charge is 2.24. The van der Waals surface area contributed by atoms with E-state index in [4.69, 9.17) is 0 Å². The summed E-state index contributed by atoms with van der Waals surface area (Å²) >= 11 is 1.17. The minimum atomic E-state index is -1.45. The number of carboxylic acids is 1. The Balaban J connectivity index is 2.28. The van der Waals surface area contributed by atoms with E-state index in [0.29, 0.717) is 10.4 Å². The zero-order valence-corrected chi connectivity index (χ0v) is 11.7. The number of thiophene rings is 1. The Kier molecular flexibility index (Phi) is 4.32. The molecule has 1 heterocycles. The third kappa shape index (κ3) is 3.25. The van der Waals surface area contributed by atoms with E-state index >= 15 is 0 Å². The molecule has 0 aliphatic rings. The van der Waals surface area contributed by atoms with Gasteiger partial charge in [-0.1, -0.05) is 6.07 Å². The molecule has 7 heteroatoms. The van der Waals surface area contributed by atoms with Crippen molar-refractivity contribution in [2.45, 2.75) is 13.0 Å². The van der Waals surface area contributed by atoms with Gasteiger partial charge in [0.1, 0.15) is 0 Å². The van der Waals surface area contributed by atoms with Gasteiger partial charge in [-0.3, -0.25) is 4.79 Å². The van der Waals surface area contributed by atoms with Crippen molar-refractivity contribution in [3.05, 3.63) is 57.3 Å². The predicted octanol–water partition coefficient (Wildman–Crippen LogP) is 2.89. The molecule has 0 fully saturated rings. The molecular weight excluding hydrogens is 300 g/mol. The number of carboxylic acid groups (broad SMARTS) is 1. The summed E-state index contributed by atoms with van der Waals surface area (Å²) in [6.07, 6.45) is 0. The maximum absolute atomic E-state index is 13.2. The minimum Gasteiger partial charge on any atom is -0.479 e. The normalized spacial score (nSPS) is 12.0. The highest BCUT2D eigenvalue weighted by Crippen LogP contribution is 2.20. The second-order valence-corrected chi connectivity index (χ2v) is 5.27. The topological polar surface area (TPSA) is 66.4 Å². The average molecular weight is 311 g/mol. The molecule has 4 nitrogen and oxygen atoms in total. The molecule has 1 aromatic carbocycles. The number of rotatable bonds is 4. The first-order valence-electron chi connectivity index (χ1n) is 5.93. The summed E-state index contributed by atoms with van der Waals surface area (Å²) in [5.41, 5.74) is 0.677. The van der Waals surface area contributed by atoms with Crippen LogP contribution < -0.4 is 5.32 Å². The van der Waals surface area contributed by atoms with Gasteiger partial charge in [-0.25, -0.2) is 13.6 Å². The van der Waals surface area contributed by atoms with E-state index in [1.165, 1.54) is 11.3 Å². The fourth-order valence-electron chi connectivity index (χ4n) is 1.78. The predicted molar refractivity (Wildman–Crippen MR) is 73.3 cm³/mol. The van der Waals surface area contributed by atoms with E-state index < -0.39 is 29.6 Å². The molecule has 0 spiro atoms. The molecule has 0 radical (unpaired) electrons. The summed E-state index contributed by atoms with van der Waals surface area (Å²) in [4.78, 5) is 23.7. The van der Waals surface area contributed by atoms with E-state index in [-0.39, 0.29) is 5.56 Å². The lowest BCUT2D eigenvalue weighted by atomic mass is 10.1. The average Bonchev–Trinajstić information content (AvgIpc) is 2.85. The number of benzene rings is 1. The maximum atomic E-state index is 13.2. The summed E-state index contributed by atoms with van der Waals surface area (Å²) in [5, 5.41) is 13.2. The SMILES string of the molecule is Cc1ccsc1C(=O)NC(C(=O)O)c1ccc(F)c(F)c1. The third-order valence-corrected chi connectivity index (χ3v) is 3.88. The van der Waals surface area contributed by atoms with E-state index in [2.05, 4.69) is 5.32 Å². The number of hydrogen-bond donors (Lipinski definition) is 2. The molecular formula is C14H11F2NO3S. The Labute approximate surface area is 123 Å². The third-order valence-electron chi connectivity index (χ3n) is 2.87. The summed E-state index contributed by atoms with van der Waals surface area (Å²) in [6.45, 7) is 1.72. The van der Waals surface area contributed by atoms with Crippen molar-refractivity contribution in [3.8, 4) is 0 Å². The standard InChI is InChI=1S/C14H11F2NO3S/c1-7-4-5-21-12(7)13(18)17-11(14(19)20)8-2-3-9(15)10(16)6-8/h2-6,11H,1H3,(H,17,18)(H,19,20). The van der Waals surface area contributed by atoms with Crippen LogP contribution in [0.3, 0.4) is 0 Å². The van der Waals surface area contributed by atoms with Crippen LogP contribution in [0.1, 0.15) is 26.8 Å². The highest BCUT2D eigenvalue weighted by molar-refractivity contribution is 7.12. The van der Waals surface area contributed by atoms with Gasteiger partial charge in [-0.05, 0) is 41.6 Å². The van der Waals surface area contributed by atoms with Crippen LogP contribution in [0.5, 0.6) is 0 Å². The Morgan fingerprint density at radius 3 is 2.48 bits per heavy atom. The largest absolute Gasteiger partial charge is 0.479 e. The minimum absolute atomic E-state index is 0.0380. The van der Waals surface area contributed by atoms with Gasteiger partial charge in [0.05, 0.1) is 4.88 Å². The van der Waals surface area contributed by atoms with Crippen molar-refractivity contribution < 1.29 is 23.5 Å². The van der Waals surface area contributed by atoms with Crippen molar-refractivity contribution in [1.82, 2.24) is 5.32 Å². The smallest absolute Gasteiger partial charge is 0.330 e. The van der Waals surface area contributed by atoms with Crippen molar-refractivity contribution in [2.24, 2.45) is 0 Å². The molecule has 110 valence electrons. The number of halogens is 2. The fourth-order valence-corrected chi connectivity index (χ4v) is 2.61. The van der Waals surface area contributed by atoms with Crippen LogP contribution in [0.2, 0.25) is 0 Å². The lowest BCUT2D eigenvalue weighted by molar-refractivity contribution is -0.139. The van der Waals surface area contributed by atoms with Crippen molar-refractivity contribution in [2.75, 3.05) is 0 Å². The second-order valence-electron chi connectivity index (χ2n) is 4.35. The van der Waals surface area contributed by atoms with Crippen molar-refractivity contribution >= 4 is 23.2 Å². The Morgan fingerprint density at radius 2 is 1.95 bits per heavy atom. The van der Waals surface area contributed by atoms with E-state index in [9.17, 15) is 23.5 Å². The molecule has 0 bridgehead atoms. The van der Waals surface area contributed by atoms with Crippen LogP contribution in [-0.2, 0) is 4.79 Å². The first-order chi connectivity index (χ1) is 9.90. The number of amides is 1. The number of hydrogen-bond acceptors (Lipinski definition) is 3. The summed E-state index contributed by atoms with van der Waals surface area (Å²) in [6, 6.07) is 2.99. The first kappa shape index (κ1) is 15.1. The maximum Gasteiger partial charge on any atom is 0.330 e. The van der Waals surface area contributed by atoms with Gasteiger partial charge >= 0.3 is 5.97 Å². The Bertz CT molecular complexity index is 699. The van der Waals surface area contributed by atoms with Crippen LogP contribution in [0.15, 0.2) is 29.6 Å². The van der Waals surface area contributed by atoms with Gasteiger partial charge in [0.15, 0.2) is 17.7 Å². The molecule has 1 amide bonds. The molecule has 0 saturated heterocycles. The van der Waals surface area contributed by atoms with Crippen molar-refractivity contribution in [3.63, 3.8) is 0 Å². The summed E-state index contributed by atoms with van der Waals surface area (Å²) in [5.74, 6) is -4.17. The zero-order valence-electron chi connectivity index (χ0n) is 10.9. The summed E-state index contributed by atoms with van der Waals surface area (Å²) < 4.78 is 26.1. The number of aliphatic carboxylic acids is 1. The number of carbonyl (C=O) groups excluding carboxylic acids is 1. The zero-order chi connectivity index (χ0) is 15.6. The van der Waals surface area contributed by atoms with Crippen molar-refractivity contribution in [1.29, 1.82) is 0 Å². The molecule has 1 unspecified atom stereocenters. The van der Waals surface area contributed by atoms with Crippen LogP contribution in [-0.4, -0.2) is 17.0 Å². The molecule has 2 N–H and O–H groups in total. The lowest BCUT2D eigenvalue weighted by Crippen LogP contribution is -2.33. The van der Waals surface area contributed by atoms with Gasteiger partial charge in [0.2, 0.25) is 0 Å². The molecule has 2 rings (SSSR count).